The number of piperidine rings is 1. The van der Waals surface area contributed by atoms with Crippen molar-refractivity contribution >= 4 is 12.4 Å². The predicted molar refractivity (Wildman–Crippen MR) is 43.2 cm³/mol. The van der Waals surface area contributed by atoms with Crippen LogP contribution in [0.2, 0.25) is 0 Å². The number of hydrogen-bond acceptors (Lipinski definition) is 1. The summed E-state index contributed by atoms with van der Waals surface area (Å²) in [6.07, 6.45) is 5.53. The van der Waals surface area contributed by atoms with Gasteiger partial charge in [0.05, 0.1) is 0 Å². The molecular weight excluding hydrogens is 134 g/mol. The van der Waals surface area contributed by atoms with Crippen LogP contribution in [-0.2, 0) is 0 Å². The molecule has 2 heteroatoms. The van der Waals surface area contributed by atoms with Gasteiger partial charge in [0, 0.05) is 6.04 Å². The van der Waals surface area contributed by atoms with Gasteiger partial charge in [-0.15, -0.1) is 12.4 Å². The van der Waals surface area contributed by atoms with Crippen LogP contribution in [-0.4, -0.2) is 12.6 Å². The molecule has 0 unspecified atom stereocenters. The molecule has 0 saturated carbocycles. The minimum Gasteiger partial charge on any atom is -0.314 e. The molecule has 1 fully saturated rings. The van der Waals surface area contributed by atoms with E-state index in [2.05, 4.69) is 12.2 Å². The molecule has 0 spiro atoms. The van der Waals surface area contributed by atoms with Crippen molar-refractivity contribution in [3.05, 3.63) is 0 Å². The number of nitrogens with one attached hydrogen (secondary N) is 1. The van der Waals surface area contributed by atoms with Gasteiger partial charge in [-0.25, -0.2) is 0 Å². The Morgan fingerprint density at radius 3 is 2.56 bits per heavy atom. The second kappa shape index (κ2) is 5.07. The molecule has 1 atom stereocenters. The van der Waals surface area contributed by atoms with Gasteiger partial charge >= 0.3 is 0 Å². The molecule has 0 aromatic carbocycles. The van der Waals surface area contributed by atoms with Crippen LogP contribution in [0.1, 0.15) is 32.6 Å². The lowest BCUT2D eigenvalue weighted by molar-refractivity contribution is 0.393. The van der Waals surface area contributed by atoms with E-state index in [0.717, 1.165) is 6.04 Å². The molecule has 0 bridgehead atoms. The van der Waals surface area contributed by atoms with Crippen LogP contribution < -0.4 is 5.32 Å². The van der Waals surface area contributed by atoms with E-state index in [1.165, 1.54) is 32.2 Å². The minimum atomic E-state index is 0. The van der Waals surface area contributed by atoms with E-state index >= 15 is 0 Å². The molecule has 0 aromatic heterocycles. The molecule has 1 nitrogen and oxygen atoms in total. The van der Waals surface area contributed by atoms with Crippen LogP contribution in [0.5, 0.6) is 0 Å². The standard InChI is InChI=1S/C7H15N.ClH/c1-2-7-5-3-4-6-8-7;/h7-8H,2-6H2,1H3;1H/t7-;/m1./s1. The third-order valence-electron chi connectivity index (χ3n) is 1.91. The summed E-state index contributed by atoms with van der Waals surface area (Å²) in [5.74, 6) is 0. The van der Waals surface area contributed by atoms with Crippen molar-refractivity contribution < 1.29 is 0 Å². The Morgan fingerprint density at radius 2 is 2.22 bits per heavy atom. The van der Waals surface area contributed by atoms with Crippen molar-refractivity contribution in [2.75, 3.05) is 6.54 Å². The van der Waals surface area contributed by atoms with Crippen molar-refractivity contribution in [3.8, 4) is 0 Å². The quantitative estimate of drug-likeness (QED) is 0.601. The highest BCUT2D eigenvalue weighted by atomic mass is 35.5. The first-order valence-corrected chi connectivity index (χ1v) is 3.67. The first-order valence-electron chi connectivity index (χ1n) is 3.67. The van der Waals surface area contributed by atoms with E-state index in [0.29, 0.717) is 0 Å². The van der Waals surface area contributed by atoms with Crippen molar-refractivity contribution in [2.24, 2.45) is 0 Å². The van der Waals surface area contributed by atoms with Crippen LogP contribution in [0.4, 0.5) is 0 Å². The summed E-state index contributed by atoms with van der Waals surface area (Å²) >= 11 is 0. The number of rotatable bonds is 1. The highest BCUT2D eigenvalue weighted by Crippen LogP contribution is 2.08. The third-order valence-corrected chi connectivity index (χ3v) is 1.91. The molecule has 1 N–H and O–H groups in total. The lowest BCUT2D eigenvalue weighted by Crippen LogP contribution is -2.32. The zero-order valence-electron chi connectivity index (χ0n) is 6.02. The minimum absolute atomic E-state index is 0. The van der Waals surface area contributed by atoms with Gasteiger partial charge in [0.15, 0.2) is 0 Å². The van der Waals surface area contributed by atoms with Gasteiger partial charge < -0.3 is 5.32 Å². The second-order valence-corrected chi connectivity index (χ2v) is 2.56. The normalized spacial score (nSPS) is 27.0. The predicted octanol–water partition coefficient (Wildman–Crippen LogP) is 1.96. The van der Waals surface area contributed by atoms with Gasteiger partial charge in [-0.2, -0.15) is 0 Å². The second-order valence-electron chi connectivity index (χ2n) is 2.56. The van der Waals surface area contributed by atoms with Gasteiger partial charge in [-0.05, 0) is 25.8 Å². The van der Waals surface area contributed by atoms with Crippen LogP contribution in [0.15, 0.2) is 0 Å². The van der Waals surface area contributed by atoms with E-state index in [1.807, 2.05) is 0 Å². The van der Waals surface area contributed by atoms with Gasteiger partial charge in [0.2, 0.25) is 0 Å². The monoisotopic (exact) mass is 149 g/mol. The van der Waals surface area contributed by atoms with Crippen LogP contribution in [0.25, 0.3) is 0 Å². The lowest BCUT2D eigenvalue weighted by Gasteiger charge is -2.21. The van der Waals surface area contributed by atoms with Crippen molar-refractivity contribution in [3.63, 3.8) is 0 Å². The first kappa shape index (κ1) is 9.25. The van der Waals surface area contributed by atoms with Gasteiger partial charge in [-0.1, -0.05) is 13.3 Å². The molecule has 1 aliphatic heterocycles. The third kappa shape index (κ3) is 3.07. The van der Waals surface area contributed by atoms with E-state index in [9.17, 15) is 0 Å². The van der Waals surface area contributed by atoms with Crippen molar-refractivity contribution in [2.45, 2.75) is 38.6 Å². The summed E-state index contributed by atoms with van der Waals surface area (Å²) in [7, 11) is 0. The zero-order valence-corrected chi connectivity index (χ0v) is 6.84. The summed E-state index contributed by atoms with van der Waals surface area (Å²) in [5, 5.41) is 3.47. The van der Waals surface area contributed by atoms with Gasteiger partial charge in [0.1, 0.15) is 0 Å². The molecule has 56 valence electrons. The van der Waals surface area contributed by atoms with E-state index in [1.54, 1.807) is 0 Å². The number of halogens is 1. The van der Waals surface area contributed by atoms with E-state index in [4.69, 9.17) is 0 Å². The highest BCUT2D eigenvalue weighted by Gasteiger charge is 2.08. The molecule has 9 heavy (non-hydrogen) atoms. The molecule has 1 saturated heterocycles. The SMILES string of the molecule is CC[C@@H]1CCCCN1.Cl. The summed E-state index contributed by atoms with van der Waals surface area (Å²) < 4.78 is 0. The first-order chi connectivity index (χ1) is 3.93. The molecule has 0 aromatic rings. The van der Waals surface area contributed by atoms with Crippen LogP contribution in [0, 0.1) is 0 Å². The molecule has 1 aliphatic rings. The Hall–Kier alpha value is 0.250. The van der Waals surface area contributed by atoms with Crippen LogP contribution >= 0.6 is 12.4 Å². The molecule has 0 radical (unpaired) electrons. The molecule has 0 aliphatic carbocycles. The van der Waals surface area contributed by atoms with E-state index < -0.39 is 0 Å². The van der Waals surface area contributed by atoms with Crippen LogP contribution in [0.3, 0.4) is 0 Å². The Labute approximate surface area is 63.6 Å². The maximum atomic E-state index is 3.47. The van der Waals surface area contributed by atoms with E-state index in [-0.39, 0.29) is 12.4 Å². The molecule has 0 amide bonds. The number of hydrogen-bond donors (Lipinski definition) is 1. The smallest absolute Gasteiger partial charge is 0.00644 e. The fraction of sp³-hybridized carbons (Fsp3) is 1.00. The van der Waals surface area contributed by atoms with Gasteiger partial charge in [0.25, 0.3) is 0 Å². The average Bonchev–Trinajstić information content (AvgIpc) is 1.90. The fourth-order valence-corrected chi connectivity index (χ4v) is 1.27. The summed E-state index contributed by atoms with van der Waals surface area (Å²) in [5.41, 5.74) is 0. The Bertz CT molecular complexity index is 59.9. The fourth-order valence-electron chi connectivity index (χ4n) is 1.27. The summed E-state index contributed by atoms with van der Waals surface area (Å²) in [6, 6.07) is 0.837. The van der Waals surface area contributed by atoms with Crippen molar-refractivity contribution in [1.29, 1.82) is 0 Å². The average molecular weight is 150 g/mol. The van der Waals surface area contributed by atoms with Crippen molar-refractivity contribution in [1.82, 2.24) is 5.32 Å². The zero-order chi connectivity index (χ0) is 5.82. The highest BCUT2D eigenvalue weighted by molar-refractivity contribution is 5.85. The largest absolute Gasteiger partial charge is 0.314 e. The summed E-state index contributed by atoms with van der Waals surface area (Å²) in [6.45, 7) is 3.50. The van der Waals surface area contributed by atoms with Gasteiger partial charge in [-0.3, -0.25) is 0 Å². The molecular formula is C7H16ClN. The Kier molecular flexibility index (Phi) is 5.21. The molecule has 1 rings (SSSR count). The Morgan fingerprint density at radius 1 is 1.44 bits per heavy atom. The summed E-state index contributed by atoms with van der Waals surface area (Å²) in [4.78, 5) is 0. The maximum Gasteiger partial charge on any atom is 0.00644 e. The molecule has 1 heterocycles. The maximum absolute atomic E-state index is 3.47. The Balaban J connectivity index is 0.000000640. The topological polar surface area (TPSA) is 12.0 Å². The lowest BCUT2D eigenvalue weighted by atomic mass is 10.0.